The molecule has 0 radical (unpaired) electrons. The number of benzene rings is 3. The first kappa shape index (κ1) is 34.1. The van der Waals surface area contributed by atoms with Gasteiger partial charge in [-0.3, -0.25) is 0 Å². The van der Waals surface area contributed by atoms with Gasteiger partial charge in [0.1, 0.15) is 49.4 Å². The Balaban J connectivity index is 1.31. The summed E-state index contributed by atoms with van der Waals surface area (Å²) in [6.07, 6.45) is -7.31. The molecule has 3 aromatic carbocycles. The summed E-state index contributed by atoms with van der Waals surface area (Å²) in [5.74, 6) is -0.892. The van der Waals surface area contributed by atoms with Gasteiger partial charge >= 0.3 is 0 Å². The fourth-order valence-electron chi connectivity index (χ4n) is 6.43. The van der Waals surface area contributed by atoms with E-state index in [0.717, 1.165) is 16.7 Å². The maximum atomic E-state index is 15.0. The first-order chi connectivity index (χ1) is 22.8. The first-order valence-electron chi connectivity index (χ1n) is 16.2. The van der Waals surface area contributed by atoms with Crippen LogP contribution in [0.3, 0.4) is 0 Å². The van der Waals surface area contributed by atoms with Gasteiger partial charge in [0.05, 0.1) is 25.9 Å². The molecule has 10 atom stereocenters. The highest BCUT2D eigenvalue weighted by Crippen LogP contribution is 2.41. The van der Waals surface area contributed by atoms with E-state index in [0.29, 0.717) is 0 Å². The average molecular weight is 653 g/mol. The van der Waals surface area contributed by atoms with E-state index in [4.69, 9.17) is 42.6 Å². The molecule has 0 aromatic heterocycles. The molecule has 0 bridgehead atoms. The van der Waals surface area contributed by atoms with Crippen LogP contribution in [-0.2, 0) is 62.5 Å². The number of fused-ring (bicyclic) bond motifs is 1. The van der Waals surface area contributed by atoms with Gasteiger partial charge in [0.25, 0.3) is 0 Å². The second-order valence-electron chi connectivity index (χ2n) is 12.6. The van der Waals surface area contributed by atoms with E-state index in [2.05, 4.69) is 0 Å². The Kier molecular flexibility index (Phi) is 11.3. The van der Waals surface area contributed by atoms with Crippen molar-refractivity contribution in [1.82, 2.24) is 0 Å². The van der Waals surface area contributed by atoms with Crippen molar-refractivity contribution in [1.29, 1.82) is 0 Å². The molecular weight excluding hydrogens is 607 g/mol. The van der Waals surface area contributed by atoms with Crippen LogP contribution in [-0.4, -0.2) is 81.0 Å². The van der Waals surface area contributed by atoms with Crippen molar-refractivity contribution in [3.63, 3.8) is 0 Å². The SMILES string of the molecule is CO[C@@H]1O[C@@H](C)[C@H](O[C@@H]2O[C@H](CF)[C@@H](OCc3ccccc3)[C@H](OCc3ccccc3)[C@@H]2OCc2ccccc2)[C@H]2OC(C)(C)O[C@@H]12. The van der Waals surface area contributed by atoms with Crippen molar-refractivity contribution in [2.24, 2.45) is 0 Å². The molecule has 47 heavy (non-hydrogen) atoms. The van der Waals surface area contributed by atoms with E-state index in [1.54, 1.807) is 7.11 Å². The Labute approximate surface area is 276 Å². The Morgan fingerprint density at radius 2 is 1.11 bits per heavy atom. The molecule has 3 aliphatic rings. The predicted molar refractivity (Wildman–Crippen MR) is 170 cm³/mol. The number of methoxy groups -OCH3 is 1. The van der Waals surface area contributed by atoms with Gasteiger partial charge in [-0.25, -0.2) is 4.39 Å². The lowest BCUT2D eigenvalue weighted by molar-refractivity contribution is -0.357. The molecule has 6 rings (SSSR count). The van der Waals surface area contributed by atoms with Gasteiger partial charge in [-0.2, -0.15) is 0 Å². The van der Waals surface area contributed by atoms with E-state index >= 15 is 0 Å². The van der Waals surface area contributed by atoms with E-state index in [-0.39, 0.29) is 19.8 Å². The van der Waals surface area contributed by atoms with Crippen molar-refractivity contribution in [3.8, 4) is 0 Å². The molecule has 0 N–H and O–H groups in total. The van der Waals surface area contributed by atoms with Crippen molar-refractivity contribution in [2.75, 3.05) is 13.8 Å². The van der Waals surface area contributed by atoms with Crippen LogP contribution in [0, 0.1) is 0 Å². The molecule has 0 unspecified atom stereocenters. The van der Waals surface area contributed by atoms with Gasteiger partial charge < -0.3 is 42.6 Å². The van der Waals surface area contributed by atoms with Crippen molar-refractivity contribution in [3.05, 3.63) is 108 Å². The van der Waals surface area contributed by atoms with Gasteiger partial charge in [-0.15, -0.1) is 0 Å². The number of ether oxygens (including phenoxy) is 9. The lowest BCUT2D eigenvalue weighted by atomic mass is 9.96. The molecule has 3 aromatic rings. The van der Waals surface area contributed by atoms with Crippen LogP contribution in [0.4, 0.5) is 4.39 Å². The zero-order valence-electron chi connectivity index (χ0n) is 27.3. The predicted octanol–water partition coefficient (Wildman–Crippen LogP) is 5.73. The third-order valence-electron chi connectivity index (χ3n) is 8.69. The molecule has 3 fully saturated rings. The molecule has 0 spiro atoms. The molecule has 0 aliphatic carbocycles. The van der Waals surface area contributed by atoms with Gasteiger partial charge in [0.2, 0.25) is 0 Å². The maximum Gasteiger partial charge on any atom is 0.187 e. The molecule has 10 heteroatoms. The second kappa shape index (κ2) is 15.6. The third-order valence-corrected chi connectivity index (χ3v) is 8.69. The topological polar surface area (TPSA) is 83.1 Å². The van der Waals surface area contributed by atoms with Crippen LogP contribution in [0.2, 0.25) is 0 Å². The van der Waals surface area contributed by atoms with Crippen LogP contribution in [0.5, 0.6) is 0 Å². The monoisotopic (exact) mass is 652 g/mol. The van der Waals surface area contributed by atoms with E-state index in [9.17, 15) is 4.39 Å². The fraction of sp³-hybridized carbons (Fsp3) is 0.514. The smallest absolute Gasteiger partial charge is 0.187 e. The van der Waals surface area contributed by atoms with Gasteiger partial charge in [0.15, 0.2) is 18.4 Å². The molecule has 9 nitrogen and oxygen atoms in total. The summed E-state index contributed by atoms with van der Waals surface area (Å²) in [5, 5.41) is 0. The lowest BCUT2D eigenvalue weighted by Crippen LogP contribution is -2.64. The Hall–Kier alpha value is -2.77. The summed E-state index contributed by atoms with van der Waals surface area (Å²) >= 11 is 0. The maximum absolute atomic E-state index is 15.0. The highest BCUT2D eigenvalue weighted by atomic mass is 19.1. The molecule has 3 saturated heterocycles. The Bertz CT molecular complexity index is 1360. The minimum absolute atomic E-state index is 0.239. The van der Waals surface area contributed by atoms with E-state index < -0.39 is 73.9 Å². The zero-order chi connectivity index (χ0) is 32.8. The lowest BCUT2D eigenvalue weighted by Gasteiger charge is -2.48. The number of halogens is 1. The van der Waals surface area contributed by atoms with Crippen LogP contribution in [0.1, 0.15) is 37.5 Å². The van der Waals surface area contributed by atoms with E-state index in [1.165, 1.54) is 0 Å². The fourth-order valence-corrected chi connectivity index (χ4v) is 6.43. The second-order valence-corrected chi connectivity index (χ2v) is 12.6. The van der Waals surface area contributed by atoms with Crippen LogP contribution < -0.4 is 0 Å². The summed E-state index contributed by atoms with van der Waals surface area (Å²) in [6.45, 7) is 5.47. The van der Waals surface area contributed by atoms with Crippen molar-refractivity contribution in [2.45, 2.75) is 108 Å². The summed E-state index contributed by atoms with van der Waals surface area (Å²) < 4.78 is 72.1. The number of rotatable bonds is 13. The molecule has 0 saturated carbocycles. The quantitative estimate of drug-likeness (QED) is 0.230. The minimum atomic E-state index is -1.06. The van der Waals surface area contributed by atoms with Crippen LogP contribution >= 0.6 is 0 Å². The third kappa shape index (κ3) is 8.28. The molecular formula is C37H45FO9. The van der Waals surface area contributed by atoms with Crippen LogP contribution in [0.25, 0.3) is 0 Å². The van der Waals surface area contributed by atoms with Crippen molar-refractivity contribution < 1.29 is 47.0 Å². The number of hydrogen-bond donors (Lipinski definition) is 0. The average Bonchev–Trinajstić information content (AvgIpc) is 3.43. The minimum Gasteiger partial charge on any atom is -0.368 e. The normalized spacial score (nSPS) is 33.4. The van der Waals surface area contributed by atoms with Gasteiger partial charge in [-0.05, 0) is 37.5 Å². The van der Waals surface area contributed by atoms with Gasteiger partial charge in [0, 0.05) is 7.11 Å². The Morgan fingerprint density at radius 3 is 1.62 bits per heavy atom. The molecule has 0 amide bonds. The highest BCUT2D eigenvalue weighted by molar-refractivity contribution is 5.16. The summed E-state index contributed by atoms with van der Waals surface area (Å²) in [6, 6.07) is 29.3. The summed E-state index contributed by atoms with van der Waals surface area (Å²) in [7, 11) is 1.57. The number of alkyl halides is 1. The van der Waals surface area contributed by atoms with Crippen LogP contribution in [0.15, 0.2) is 91.0 Å². The molecule has 3 aliphatic heterocycles. The van der Waals surface area contributed by atoms with Gasteiger partial charge in [-0.1, -0.05) is 91.0 Å². The zero-order valence-corrected chi connectivity index (χ0v) is 27.3. The first-order valence-corrected chi connectivity index (χ1v) is 16.2. The Morgan fingerprint density at radius 1 is 0.617 bits per heavy atom. The summed E-state index contributed by atoms with van der Waals surface area (Å²) in [4.78, 5) is 0. The molecule has 3 heterocycles. The summed E-state index contributed by atoms with van der Waals surface area (Å²) in [5.41, 5.74) is 2.85. The highest BCUT2D eigenvalue weighted by Gasteiger charge is 2.57. The number of hydrogen-bond acceptors (Lipinski definition) is 9. The van der Waals surface area contributed by atoms with E-state index in [1.807, 2.05) is 112 Å². The van der Waals surface area contributed by atoms with Crippen molar-refractivity contribution >= 4 is 0 Å². The largest absolute Gasteiger partial charge is 0.368 e. The standard InChI is InChI=1S/C37H45FO9/c1-24-29(32-34(35(39-4)43-24)47-37(2,3)46-32)45-36-33(42-23-27-18-12-7-13-19-27)31(41-22-26-16-10-6-11-17-26)30(28(20-38)44-36)40-21-25-14-8-5-9-15-25/h5-19,24,28-36H,20-23H2,1-4H3/t24-,28+,29-,30+,31-,32+,33-,34+,35+,36-/m0/s1. The molecule has 254 valence electrons.